The second-order valence-corrected chi connectivity index (χ2v) is 6.14. The first-order valence-electron chi connectivity index (χ1n) is 6.12. The molecule has 1 aromatic carbocycles. The number of benzene rings is 1. The van der Waals surface area contributed by atoms with E-state index in [0.29, 0.717) is 10.0 Å². The molecule has 22 heavy (non-hydrogen) atoms. The predicted octanol–water partition coefficient (Wildman–Crippen LogP) is 3.04. The van der Waals surface area contributed by atoms with Gasteiger partial charge in [0.1, 0.15) is 0 Å². The van der Waals surface area contributed by atoms with Gasteiger partial charge in [0.15, 0.2) is 0 Å². The highest BCUT2D eigenvalue weighted by Crippen LogP contribution is 2.33. The smallest absolute Gasteiger partial charge is 0.293 e. The number of carbonyl (C=O) groups is 2. The highest BCUT2D eigenvalue weighted by atomic mass is 79.9. The first-order valence-corrected chi connectivity index (χ1v) is 7.73. The van der Waals surface area contributed by atoms with E-state index in [2.05, 4.69) is 15.9 Å². The van der Waals surface area contributed by atoms with Gasteiger partial charge in [0, 0.05) is 13.2 Å². The molecule has 1 aliphatic heterocycles. The van der Waals surface area contributed by atoms with Gasteiger partial charge in [-0.25, -0.2) is 0 Å². The first kappa shape index (κ1) is 16.7. The van der Waals surface area contributed by atoms with Crippen LogP contribution in [0, 0.1) is 10.1 Å². The van der Waals surface area contributed by atoms with Gasteiger partial charge >= 0.3 is 0 Å². The topological polar surface area (TPSA) is 89.8 Å². The summed E-state index contributed by atoms with van der Waals surface area (Å²) in [4.78, 5) is 35.6. The van der Waals surface area contributed by atoms with E-state index in [1.54, 1.807) is 6.07 Å². The Hall–Kier alpha value is -1.71. The molecule has 1 aliphatic rings. The summed E-state index contributed by atoms with van der Waals surface area (Å²) < 4.78 is 5.20. The quantitative estimate of drug-likeness (QED) is 0.438. The summed E-state index contributed by atoms with van der Waals surface area (Å²) in [6, 6.07) is 4.49. The van der Waals surface area contributed by atoms with Crippen LogP contribution in [-0.2, 0) is 9.53 Å². The second kappa shape index (κ2) is 7.03. The number of nitrogens with zero attached hydrogens (tertiary/aromatic N) is 2. The molecule has 0 bridgehead atoms. The minimum Gasteiger partial charge on any atom is -0.383 e. The van der Waals surface area contributed by atoms with Crippen molar-refractivity contribution in [1.82, 2.24) is 4.90 Å². The van der Waals surface area contributed by atoms with Crippen LogP contribution in [0.15, 0.2) is 27.6 Å². The Kier molecular flexibility index (Phi) is 5.33. The highest BCUT2D eigenvalue weighted by Gasteiger charge is 2.34. The van der Waals surface area contributed by atoms with Crippen LogP contribution in [0.4, 0.5) is 10.5 Å². The fourth-order valence-electron chi connectivity index (χ4n) is 1.79. The lowest BCUT2D eigenvalue weighted by molar-refractivity contribution is -0.385. The van der Waals surface area contributed by atoms with E-state index < -0.39 is 10.8 Å². The molecule has 0 spiro atoms. The third-order valence-electron chi connectivity index (χ3n) is 2.86. The molecule has 0 aliphatic carbocycles. The zero-order valence-corrected chi connectivity index (χ0v) is 13.8. The van der Waals surface area contributed by atoms with E-state index >= 15 is 0 Å². The van der Waals surface area contributed by atoms with Crippen molar-refractivity contribution in [2.75, 3.05) is 20.3 Å². The standard InChI is InChI=1S/C13H11BrN2O5S/c1-21-5-4-15-12(17)11(22-13(15)18)7-8-2-3-9(14)10(6-8)16(19)20/h2-3,6-7H,4-5H2,1H3/b11-7-. The maximum Gasteiger partial charge on any atom is 0.293 e. The van der Waals surface area contributed by atoms with Crippen LogP contribution in [0.3, 0.4) is 0 Å². The summed E-state index contributed by atoms with van der Waals surface area (Å²) in [5.74, 6) is -0.419. The van der Waals surface area contributed by atoms with Crippen molar-refractivity contribution in [3.63, 3.8) is 0 Å². The van der Waals surface area contributed by atoms with Crippen molar-refractivity contribution in [3.05, 3.63) is 43.3 Å². The highest BCUT2D eigenvalue weighted by molar-refractivity contribution is 9.10. The van der Waals surface area contributed by atoms with E-state index in [9.17, 15) is 19.7 Å². The van der Waals surface area contributed by atoms with Crippen LogP contribution in [0.25, 0.3) is 6.08 Å². The van der Waals surface area contributed by atoms with Crippen molar-refractivity contribution in [3.8, 4) is 0 Å². The average molecular weight is 387 g/mol. The minimum atomic E-state index is -0.522. The molecule has 1 saturated heterocycles. The van der Waals surface area contributed by atoms with E-state index in [1.807, 2.05) is 0 Å². The molecule has 0 radical (unpaired) electrons. The maximum atomic E-state index is 12.1. The number of thioether (sulfide) groups is 1. The number of hydrogen-bond donors (Lipinski definition) is 0. The minimum absolute atomic E-state index is 0.104. The zero-order chi connectivity index (χ0) is 16.3. The Morgan fingerprint density at radius 1 is 1.45 bits per heavy atom. The number of ether oxygens (including phenoxy) is 1. The lowest BCUT2D eigenvalue weighted by Crippen LogP contribution is -2.31. The molecule has 7 nitrogen and oxygen atoms in total. The molecular formula is C13H11BrN2O5S. The maximum absolute atomic E-state index is 12.1. The fraction of sp³-hybridized carbons (Fsp3) is 0.231. The number of hydrogen-bond acceptors (Lipinski definition) is 6. The molecule has 0 atom stereocenters. The van der Waals surface area contributed by atoms with Gasteiger partial charge in [-0.3, -0.25) is 24.6 Å². The van der Waals surface area contributed by atoms with Crippen LogP contribution in [-0.4, -0.2) is 41.2 Å². The molecule has 1 aromatic rings. The summed E-state index contributed by atoms with van der Waals surface area (Å²) in [6.07, 6.45) is 1.47. The van der Waals surface area contributed by atoms with Gasteiger partial charge in [0.25, 0.3) is 16.8 Å². The number of amides is 2. The SMILES string of the molecule is COCCN1C(=O)S/C(=C\c2ccc(Br)c([N+](=O)[O-])c2)C1=O. The molecular weight excluding hydrogens is 376 g/mol. The summed E-state index contributed by atoms with van der Waals surface area (Å²) >= 11 is 3.90. The number of carbonyl (C=O) groups excluding carboxylic acids is 2. The Bertz CT molecular complexity index is 676. The van der Waals surface area contributed by atoms with Crippen molar-refractivity contribution in [2.45, 2.75) is 0 Å². The molecule has 0 saturated carbocycles. The second-order valence-electron chi connectivity index (χ2n) is 4.29. The third-order valence-corrected chi connectivity index (χ3v) is 4.44. The van der Waals surface area contributed by atoms with Gasteiger partial charge in [0.05, 0.1) is 27.5 Å². The van der Waals surface area contributed by atoms with Crippen LogP contribution < -0.4 is 0 Å². The Morgan fingerprint density at radius 2 is 2.18 bits per heavy atom. The van der Waals surface area contributed by atoms with Crippen LogP contribution >= 0.6 is 27.7 Å². The molecule has 2 amide bonds. The summed E-state index contributed by atoms with van der Waals surface area (Å²) in [5.41, 5.74) is 0.375. The van der Waals surface area contributed by atoms with E-state index in [1.165, 1.54) is 25.3 Å². The summed E-state index contributed by atoms with van der Waals surface area (Å²) in [5, 5.41) is 10.5. The zero-order valence-electron chi connectivity index (χ0n) is 11.4. The molecule has 0 aromatic heterocycles. The first-order chi connectivity index (χ1) is 10.4. The molecule has 9 heteroatoms. The summed E-state index contributed by atoms with van der Waals surface area (Å²) in [6.45, 7) is 0.439. The van der Waals surface area contributed by atoms with E-state index in [0.717, 1.165) is 16.7 Å². The van der Waals surface area contributed by atoms with Gasteiger partial charge in [0.2, 0.25) is 0 Å². The molecule has 0 N–H and O–H groups in total. The lowest BCUT2D eigenvalue weighted by atomic mass is 10.2. The Balaban J connectivity index is 2.27. The molecule has 2 rings (SSSR count). The predicted molar refractivity (Wildman–Crippen MR) is 85.3 cm³/mol. The molecule has 1 heterocycles. The number of nitro groups is 1. The molecule has 0 unspecified atom stereocenters. The van der Waals surface area contributed by atoms with Crippen LogP contribution in [0.1, 0.15) is 5.56 Å². The van der Waals surface area contributed by atoms with Gasteiger partial charge in [-0.2, -0.15) is 0 Å². The largest absolute Gasteiger partial charge is 0.383 e. The number of rotatable bonds is 5. The van der Waals surface area contributed by atoms with Gasteiger partial charge in [-0.15, -0.1) is 0 Å². The Morgan fingerprint density at radius 3 is 2.82 bits per heavy atom. The van der Waals surface area contributed by atoms with Crippen molar-refractivity contribution in [1.29, 1.82) is 0 Å². The molecule has 1 fully saturated rings. The lowest BCUT2D eigenvalue weighted by Gasteiger charge is -2.10. The van der Waals surface area contributed by atoms with Crippen molar-refractivity contribution in [2.24, 2.45) is 0 Å². The average Bonchev–Trinajstić information content (AvgIpc) is 2.73. The normalized spacial score (nSPS) is 16.6. The van der Waals surface area contributed by atoms with Gasteiger partial charge in [-0.1, -0.05) is 6.07 Å². The number of halogens is 1. The fourth-order valence-corrected chi connectivity index (χ4v) is 3.04. The Labute approximate surface area is 138 Å². The van der Waals surface area contributed by atoms with Gasteiger partial charge in [-0.05, 0) is 45.4 Å². The summed E-state index contributed by atoms with van der Waals surface area (Å²) in [7, 11) is 1.48. The van der Waals surface area contributed by atoms with E-state index in [-0.39, 0.29) is 29.0 Å². The van der Waals surface area contributed by atoms with Crippen molar-refractivity contribution >= 4 is 50.6 Å². The monoisotopic (exact) mass is 386 g/mol. The third kappa shape index (κ3) is 3.54. The van der Waals surface area contributed by atoms with Gasteiger partial charge < -0.3 is 4.74 Å². The van der Waals surface area contributed by atoms with Crippen LogP contribution in [0.2, 0.25) is 0 Å². The van der Waals surface area contributed by atoms with Crippen molar-refractivity contribution < 1.29 is 19.2 Å². The van der Waals surface area contributed by atoms with Crippen LogP contribution in [0.5, 0.6) is 0 Å². The van der Waals surface area contributed by atoms with E-state index in [4.69, 9.17) is 4.74 Å². The number of methoxy groups -OCH3 is 1. The number of imide groups is 1. The molecule has 116 valence electrons. The number of nitro benzene ring substituents is 1.